The van der Waals surface area contributed by atoms with E-state index in [0.29, 0.717) is 6.54 Å². The molecule has 0 saturated heterocycles. The van der Waals surface area contributed by atoms with Gasteiger partial charge in [-0.1, -0.05) is 102 Å². The lowest BCUT2D eigenvalue weighted by molar-refractivity contribution is 0.248. The Balaban J connectivity index is 1.50. The van der Waals surface area contributed by atoms with Crippen LogP contribution < -0.4 is 5.73 Å². The van der Waals surface area contributed by atoms with Gasteiger partial charge >= 0.3 is 0 Å². The lowest BCUT2D eigenvalue weighted by Crippen LogP contribution is -2.26. The van der Waals surface area contributed by atoms with E-state index in [1.807, 2.05) is 0 Å². The Morgan fingerprint density at radius 3 is 1.75 bits per heavy atom. The van der Waals surface area contributed by atoms with Gasteiger partial charge in [-0.2, -0.15) is 0 Å². The van der Waals surface area contributed by atoms with Gasteiger partial charge in [-0.25, -0.2) is 0 Å². The first-order valence-electron chi connectivity index (χ1n) is 12.3. The number of rotatable bonds is 18. The second kappa shape index (κ2) is 15.0. The number of unbranched alkanes of at least 4 members (excludes halogenated alkanes) is 11. The van der Waals surface area contributed by atoms with Crippen LogP contribution in [0.25, 0.3) is 0 Å². The van der Waals surface area contributed by atoms with Crippen LogP contribution in [0.15, 0.2) is 24.3 Å². The number of nitrogens with two attached hydrogens (primary N) is 1. The summed E-state index contributed by atoms with van der Waals surface area (Å²) in [6.07, 6.45) is 20.1. The van der Waals surface area contributed by atoms with Crippen molar-refractivity contribution < 1.29 is 0 Å². The van der Waals surface area contributed by atoms with Gasteiger partial charge in [0.1, 0.15) is 0 Å². The minimum atomic E-state index is 0.644. The highest BCUT2D eigenvalue weighted by Gasteiger charge is 2.24. The Bertz CT molecular complexity index is 478. The highest BCUT2D eigenvalue weighted by Crippen LogP contribution is 2.30. The summed E-state index contributed by atoms with van der Waals surface area (Å²) < 4.78 is 0. The zero-order valence-corrected chi connectivity index (χ0v) is 18.6. The van der Waals surface area contributed by atoms with Crippen molar-refractivity contribution in [1.82, 2.24) is 4.90 Å². The molecule has 1 aromatic carbocycles. The number of hydrogen-bond donors (Lipinski definition) is 1. The molecule has 2 nitrogen and oxygen atoms in total. The molecule has 1 aliphatic rings. The van der Waals surface area contributed by atoms with Crippen molar-refractivity contribution in [2.45, 2.75) is 110 Å². The molecule has 0 spiro atoms. The smallest absolute Gasteiger partial charge is 0.0233 e. The van der Waals surface area contributed by atoms with Crippen molar-refractivity contribution in [3.8, 4) is 0 Å². The van der Waals surface area contributed by atoms with Crippen molar-refractivity contribution in [3.63, 3.8) is 0 Å². The fraction of sp³-hybridized carbons (Fsp3) is 0.769. The van der Waals surface area contributed by atoms with Gasteiger partial charge in [-0.3, -0.25) is 4.90 Å². The summed E-state index contributed by atoms with van der Waals surface area (Å²) in [7, 11) is 0. The van der Waals surface area contributed by atoms with Crippen molar-refractivity contribution >= 4 is 0 Å². The van der Waals surface area contributed by atoms with Crippen molar-refractivity contribution in [3.05, 3.63) is 35.4 Å². The maximum atomic E-state index is 5.72. The topological polar surface area (TPSA) is 29.3 Å². The quantitative estimate of drug-likeness (QED) is 0.274. The van der Waals surface area contributed by atoms with Crippen LogP contribution in [0.5, 0.6) is 0 Å². The SMILES string of the molecule is CCCCCCCCCCCCCCN(Cc1ccc(CN)cc1)CC1CC1. The molecule has 0 radical (unpaired) electrons. The number of hydrogen-bond acceptors (Lipinski definition) is 2. The first-order valence-corrected chi connectivity index (χ1v) is 12.3. The molecule has 1 aliphatic carbocycles. The summed E-state index contributed by atoms with van der Waals surface area (Å²) in [5.41, 5.74) is 8.40. The van der Waals surface area contributed by atoms with Crippen LogP contribution in [0.3, 0.4) is 0 Å². The molecule has 2 N–H and O–H groups in total. The minimum absolute atomic E-state index is 0.644. The first-order chi connectivity index (χ1) is 13.8. The second-order valence-corrected chi connectivity index (χ2v) is 9.09. The molecule has 0 amide bonds. The van der Waals surface area contributed by atoms with Gasteiger partial charge in [0.15, 0.2) is 0 Å². The highest BCUT2D eigenvalue weighted by atomic mass is 15.1. The molecule has 1 fully saturated rings. The van der Waals surface area contributed by atoms with E-state index in [-0.39, 0.29) is 0 Å². The predicted molar refractivity (Wildman–Crippen MR) is 123 cm³/mol. The monoisotopic (exact) mass is 386 g/mol. The average Bonchev–Trinajstić information content (AvgIpc) is 3.53. The standard InChI is InChI=1S/C26H46N2/c1-2-3-4-5-6-7-8-9-10-11-12-13-20-28(23-26-18-19-26)22-25-16-14-24(21-27)15-17-25/h14-17,26H,2-13,18-23,27H2,1H3. The molecule has 1 saturated carbocycles. The summed E-state index contributed by atoms with van der Waals surface area (Å²) in [6, 6.07) is 8.91. The van der Waals surface area contributed by atoms with Gasteiger partial charge in [-0.05, 0) is 42.9 Å². The van der Waals surface area contributed by atoms with Gasteiger partial charge in [0.25, 0.3) is 0 Å². The highest BCUT2D eigenvalue weighted by molar-refractivity contribution is 5.22. The van der Waals surface area contributed by atoms with E-state index in [1.165, 1.54) is 114 Å². The van der Waals surface area contributed by atoms with Crippen LogP contribution in [0.4, 0.5) is 0 Å². The van der Waals surface area contributed by atoms with Crippen molar-refractivity contribution in [2.24, 2.45) is 11.7 Å². The predicted octanol–water partition coefficient (Wildman–Crippen LogP) is 7.06. The van der Waals surface area contributed by atoms with Crippen LogP contribution in [0, 0.1) is 5.92 Å². The summed E-state index contributed by atoms with van der Waals surface area (Å²) in [5.74, 6) is 0.973. The zero-order chi connectivity index (χ0) is 19.9. The molecule has 2 heteroatoms. The minimum Gasteiger partial charge on any atom is -0.326 e. The number of nitrogens with zero attached hydrogens (tertiary/aromatic N) is 1. The molecular formula is C26H46N2. The summed E-state index contributed by atoms with van der Waals surface area (Å²) in [5, 5.41) is 0. The van der Waals surface area contributed by atoms with E-state index in [9.17, 15) is 0 Å². The average molecular weight is 387 g/mol. The Morgan fingerprint density at radius 1 is 0.750 bits per heavy atom. The lowest BCUT2D eigenvalue weighted by atomic mass is 10.1. The van der Waals surface area contributed by atoms with Crippen LogP contribution in [-0.2, 0) is 13.1 Å². The molecule has 0 heterocycles. The third kappa shape index (κ3) is 11.2. The Hall–Kier alpha value is -0.860. The van der Waals surface area contributed by atoms with Crippen molar-refractivity contribution in [2.75, 3.05) is 13.1 Å². The summed E-state index contributed by atoms with van der Waals surface area (Å²) in [6.45, 7) is 6.62. The van der Waals surface area contributed by atoms with Crippen LogP contribution in [0.1, 0.15) is 108 Å². The third-order valence-corrected chi connectivity index (χ3v) is 6.21. The maximum Gasteiger partial charge on any atom is 0.0233 e. The molecule has 0 atom stereocenters. The van der Waals surface area contributed by atoms with E-state index in [2.05, 4.69) is 36.1 Å². The van der Waals surface area contributed by atoms with Crippen LogP contribution in [-0.4, -0.2) is 18.0 Å². The molecule has 1 aromatic rings. The van der Waals surface area contributed by atoms with Gasteiger partial charge in [-0.15, -0.1) is 0 Å². The molecule has 160 valence electrons. The van der Waals surface area contributed by atoms with Crippen LogP contribution >= 0.6 is 0 Å². The van der Waals surface area contributed by atoms with Gasteiger partial charge in [0.2, 0.25) is 0 Å². The van der Waals surface area contributed by atoms with E-state index >= 15 is 0 Å². The molecule has 0 aliphatic heterocycles. The van der Waals surface area contributed by atoms with Gasteiger partial charge in [0, 0.05) is 19.6 Å². The van der Waals surface area contributed by atoms with E-state index in [1.54, 1.807) is 0 Å². The maximum absolute atomic E-state index is 5.72. The number of benzene rings is 1. The molecule has 0 bridgehead atoms. The zero-order valence-electron chi connectivity index (χ0n) is 18.6. The second-order valence-electron chi connectivity index (χ2n) is 9.09. The Labute approximate surface area is 175 Å². The van der Waals surface area contributed by atoms with E-state index < -0.39 is 0 Å². The molecule has 0 aromatic heterocycles. The summed E-state index contributed by atoms with van der Waals surface area (Å²) in [4.78, 5) is 2.70. The van der Waals surface area contributed by atoms with Crippen LogP contribution in [0.2, 0.25) is 0 Å². The van der Waals surface area contributed by atoms with Gasteiger partial charge in [0.05, 0.1) is 0 Å². The fourth-order valence-corrected chi connectivity index (χ4v) is 4.12. The van der Waals surface area contributed by atoms with E-state index in [4.69, 9.17) is 5.73 Å². The Kier molecular flexibility index (Phi) is 12.6. The fourth-order valence-electron chi connectivity index (χ4n) is 4.12. The van der Waals surface area contributed by atoms with E-state index in [0.717, 1.165) is 12.5 Å². The van der Waals surface area contributed by atoms with Gasteiger partial charge < -0.3 is 5.73 Å². The molecule has 2 rings (SSSR count). The summed E-state index contributed by atoms with van der Waals surface area (Å²) >= 11 is 0. The largest absolute Gasteiger partial charge is 0.326 e. The lowest BCUT2D eigenvalue weighted by Gasteiger charge is -2.22. The normalized spacial score (nSPS) is 14.1. The third-order valence-electron chi connectivity index (χ3n) is 6.21. The Morgan fingerprint density at radius 2 is 1.25 bits per heavy atom. The molecular weight excluding hydrogens is 340 g/mol. The molecule has 0 unspecified atom stereocenters. The molecule has 28 heavy (non-hydrogen) atoms. The van der Waals surface area contributed by atoms with Crippen molar-refractivity contribution in [1.29, 1.82) is 0 Å². The first kappa shape index (κ1) is 23.4.